The molecule has 0 aromatic heterocycles. The normalized spacial score (nSPS) is 10.8. The maximum Gasteiger partial charge on any atom is 0.127 e. The molecule has 0 unspecified atom stereocenters. The molecule has 0 aliphatic carbocycles. The van der Waals surface area contributed by atoms with Gasteiger partial charge < -0.3 is 10.2 Å². The van der Waals surface area contributed by atoms with Gasteiger partial charge in [-0.1, -0.05) is 39.0 Å². The van der Waals surface area contributed by atoms with Gasteiger partial charge in [-0.3, -0.25) is 0 Å². The van der Waals surface area contributed by atoms with Gasteiger partial charge in [0.15, 0.2) is 0 Å². The third kappa shape index (κ3) is 2.38. The van der Waals surface area contributed by atoms with Gasteiger partial charge in [0.25, 0.3) is 0 Å². The lowest BCUT2D eigenvalue weighted by atomic mass is 9.88. The summed E-state index contributed by atoms with van der Waals surface area (Å²) in [4.78, 5) is 0. The molecular weight excluding hydrogens is 248 g/mol. The van der Waals surface area contributed by atoms with Crippen LogP contribution in [0.2, 0.25) is 0 Å². The molecule has 0 amide bonds. The first-order valence-corrected chi connectivity index (χ1v) is 7.28. The van der Waals surface area contributed by atoms with E-state index in [4.69, 9.17) is 0 Å². The van der Waals surface area contributed by atoms with Crippen molar-refractivity contribution in [3.8, 4) is 22.6 Å². The van der Waals surface area contributed by atoms with E-state index in [-0.39, 0.29) is 11.5 Å². The average Bonchev–Trinajstić information content (AvgIpc) is 2.46. The van der Waals surface area contributed by atoms with Gasteiger partial charge >= 0.3 is 0 Å². The van der Waals surface area contributed by atoms with Crippen LogP contribution in [0, 0.1) is 0 Å². The van der Waals surface area contributed by atoms with Crippen LogP contribution in [0.5, 0.6) is 11.5 Å². The SMILES string of the molecule is CCc1ccc(-c2c(O)cccc2O)c(CC)c1CC. The van der Waals surface area contributed by atoms with Gasteiger partial charge in [0.05, 0.1) is 5.56 Å². The zero-order valence-electron chi connectivity index (χ0n) is 12.4. The number of aromatic hydroxyl groups is 2. The Morgan fingerprint density at radius 3 is 1.85 bits per heavy atom. The maximum absolute atomic E-state index is 10.1. The number of rotatable bonds is 4. The summed E-state index contributed by atoms with van der Waals surface area (Å²) in [5.74, 6) is 0.261. The van der Waals surface area contributed by atoms with Gasteiger partial charge in [0.1, 0.15) is 11.5 Å². The standard InChI is InChI=1S/C18H22O2/c1-4-12-10-11-15(14(6-3)13(12)5-2)18-16(19)8-7-9-17(18)20/h7-11,19-20H,4-6H2,1-3H3. The van der Waals surface area contributed by atoms with E-state index >= 15 is 0 Å². The molecule has 0 spiro atoms. The lowest BCUT2D eigenvalue weighted by Crippen LogP contribution is -2.00. The summed E-state index contributed by atoms with van der Waals surface area (Å²) in [5.41, 5.74) is 5.40. The van der Waals surface area contributed by atoms with E-state index in [1.165, 1.54) is 16.7 Å². The Morgan fingerprint density at radius 2 is 1.35 bits per heavy atom. The van der Waals surface area contributed by atoms with E-state index in [0.29, 0.717) is 5.56 Å². The van der Waals surface area contributed by atoms with Crippen molar-refractivity contribution in [1.29, 1.82) is 0 Å². The van der Waals surface area contributed by atoms with Gasteiger partial charge in [0, 0.05) is 0 Å². The largest absolute Gasteiger partial charge is 0.507 e. The van der Waals surface area contributed by atoms with E-state index in [2.05, 4.69) is 26.8 Å². The number of hydrogen-bond acceptors (Lipinski definition) is 2. The summed E-state index contributed by atoms with van der Waals surface area (Å²) in [6.45, 7) is 6.43. The summed E-state index contributed by atoms with van der Waals surface area (Å²) >= 11 is 0. The van der Waals surface area contributed by atoms with Crippen molar-refractivity contribution in [2.24, 2.45) is 0 Å². The Hall–Kier alpha value is -1.96. The quantitative estimate of drug-likeness (QED) is 0.861. The second-order valence-electron chi connectivity index (χ2n) is 4.96. The summed E-state index contributed by atoms with van der Waals surface area (Å²) < 4.78 is 0. The first-order valence-electron chi connectivity index (χ1n) is 7.28. The smallest absolute Gasteiger partial charge is 0.127 e. The fraction of sp³-hybridized carbons (Fsp3) is 0.333. The van der Waals surface area contributed by atoms with Gasteiger partial charge in [-0.2, -0.15) is 0 Å². The first kappa shape index (κ1) is 14.4. The van der Waals surface area contributed by atoms with Gasteiger partial charge in [-0.15, -0.1) is 0 Å². The molecule has 0 bridgehead atoms. The number of hydrogen-bond donors (Lipinski definition) is 2. The molecule has 2 nitrogen and oxygen atoms in total. The number of phenols is 2. The van der Waals surface area contributed by atoms with Crippen molar-refractivity contribution in [2.45, 2.75) is 40.0 Å². The van der Waals surface area contributed by atoms with E-state index in [1.54, 1.807) is 18.2 Å². The molecule has 2 rings (SSSR count). The van der Waals surface area contributed by atoms with Crippen molar-refractivity contribution in [3.63, 3.8) is 0 Å². The van der Waals surface area contributed by atoms with E-state index in [9.17, 15) is 10.2 Å². The minimum Gasteiger partial charge on any atom is -0.507 e. The summed E-state index contributed by atoms with van der Waals surface area (Å²) in [5, 5.41) is 20.2. The molecule has 0 atom stereocenters. The van der Waals surface area contributed by atoms with Crippen LogP contribution in [0.4, 0.5) is 0 Å². The Bertz CT molecular complexity index is 595. The van der Waals surface area contributed by atoms with Gasteiger partial charge in [-0.25, -0.2) is 0 Å². The summed E-state index contributed by atoms with van der Waals surface area (Å²) in [6, 6.07) is 9.02. The monoisotopic (exact) mass is 270 g/mol. The maximum atomic E-state index is 10.1. The zero-order chi connectivity index (χ0) is 14.7. The predicted molar refractivity (Wildman–Crippen MR) is 83.3 cm³/mol. The third-order valence-electron chi connectivity index (χ3n) is 3.91. The fourth-order valence-electron chi connectivity index (χ4n) is 2.96. The molecule has 2 aromatic rings. The zero-order valence-corrected chi connectivity index (χ0v) is 12.4. The molecule has 0 aliphatic rings. The first-order chi connectivity index (χ1) is 9.63. The van der Waals surface area contributed by atoms with Crippen molar-refractivity contribution in [1.82, 2.24) is 0 Å². The minimum atomic E-state index is 0.131. The van der Waals surface area contributed by atoms with Crippen LogP contribution in [0.1, 0.15) is 37.5 Å². The second-order valence-corrected chi connectivity index (χ2v) is 4.96. The molecule has 0 radical (unpaired) electrons. The van der Waals surface area contributed by atoms with Crippen LogP contribution in [-0.4, -0.2) is 10.2 Å². The number of phenolic OH excluding ortho intramolecular Hbond substituents is 2. The molecule has 0 fully saturated rings. The highest BCUT2D eigenvalue weighted by Gasteiger charge is 2.16. The highest BCUT2D eigenvalue weighted by Crippen LogP contribution is 2.40. The van der Waals surface area contributed by atoms with E-state index in [1.807, 2.05) is 6.07 Å². The minimum absolute atomic E-state index is 0.131. The topological polar surface area (TPSA) is 40.5 Å². The Kier molecular flexibility index (Phi) is 4.33. The lowest BCUT2D eigenvalue weighted by Gasteiger charge is -2.18. The molecule has 106 valence electrons. The highest BCUT2D eigenvalue weighted by atomic mass is 16.3. The Labute approximate surface area is 120 Å². The number of aryl methyl sites for hydroxylation is 1. The van der Waals surface area contributed by atoms with Crippen LogP contribution < -0.4 is 0 Å². The Morgan fingerprint density at radius 1 is 0.750 bits per heavy atom. The average molecular weight is 270 g/mol. The van der Waals surface area contributed by atoms with Crippen molar-refractivity contribution >= 4 is 0 Å². The molecular formula is C18H22O2. The predicted octanol–water partition coefficient (Wildman–Crippen LogP) is 4.45. The van der Waals surface area contributed by atoms with E-state index in [0.717, 1.165) is 24.8 Å². The molecule has 0 heterocycles. The molecule has 2 N–H and O–H groups in total. The molecule has 0 saturated heterocycles. The molecule has 2 aromatic carbocycles. The molecule has 0 saturated carbocycles. The van der Waals surface area contributed by atoms with Crippen LogP contribution in [0.15, 0.2) is 30.3 Å². The van der Waals surface area contributed by atoms with Crippen LogP contribution in [-0.2, 0) is 19.3 Å². The molecule has 2 heteroatoms. The van der Waals surface area contributed by atoms with E-state index < -0.39 is 0 Å². The Balaban J connectivity index is 2.75. The molecule has 0 aliphatic heterocycles. The van der Waals surface area contributed by atoms with Crippen LogP contribution in [0.25, 0.3) is 11.1 Å². The van der Waals surface area contributed by atoms with Crippen molar-refractivity contribution < 1.29 is 10.2 Å². The molecule has 20 heavy (non-hydrogen) atoms. The fourth-order valence-corrected chi connectivity index (χ4v) is 2.96. The highest BCUT2D eigenvalue weighted by molar-refractivity contribution is 5.79. The lowest BCUT2D eigenvalue weighted by molar-refractivity contribution is 0.454. The van der Waals surface area contributed by atoms with Crippen molar-refractivity contribution in [3.05, 3.63) is 47.0 Å². The van der Waals surface area contributed by atoms with Crippen LogP contribution >= 0.6 is 0 Å². The number of benzene rings is 2. The van der Waals surface area contributed by atoms with Gasteiger partial charge in [0.2, 0.25) is 0 Å². The summed E-state index contributed by atoms with van der Waals surface area (Å²) in [6.07, 6.45) is 2.86. The van der Waals surface area contributed by atoms with Crippen molar-refractivity contribution in [2.75, 3.05) is 0 Å². The summed E-state index contributed by atoms with van der Waals surface area (Å²) in [7, 11) is 0. The third-order valence-corrected chi connectivity index (χ3v) is 3.91. The van der Waals surface area contributed by atoms with Gasteiger partial charge in [-0.05, 0) is 53.6 Å². The van der Waals surface area contributed by atoms with Crippen LogP contribution in [0.3, 0.4) is 0 Å². The second kappa shape index (κ2) is 6.00.